The van der Waals surface area contributed by atoms with E-state index in [4.69, 9.17) is 9.47 Å². The fourth-order valence-corrected chi connectivity index (χ4v) is 3.72. The van der Waals surface area contributed by atoms with Crippen LogP contribution in [0, 0.1) is 5.92 Å². The molecule has 5 nitrogen and oxygen atoms in total. The number of amides is 1. The molecule has 1 aromatic heterocycles. The van der Waals surface area contributed by atoms with Gasteiger partial charge in [-0.3, -0.25) is 4.79 Å². The fraction of sp³-hybridized carbons (Fsp3) is 0.550. The summed E-state index contributed by atoms with van der Waals surface area (Å²) in [6.45, 7) is 2.03. The van der Waals surface area contributed by atoms with Crippen LogP contribution in [-0.4, -0.2) is 42.4 Å². The highest BCUT2D eigenvalue weighted by Crippen LogP contribution is 2.27. The van der Waals surface area contributed by atoms with Gasteiger partial charge in [0.2, 0.25) is 0 Å². The Morgan fingerprint density at radius 2 is 2.20 bits per heavy atom. The van der Waals surface area contributed by atoms with Crippen molar-refractivity contribution in [1.29, 1.82) is 0 Å². The average molecular weight is 342 g/mol. The molecule has 2 atom stereocenters. The second kappa shape index (κ2) is 7.18. The lowest BCUT2D eigenvalue weighted by Gasteiger charge is -2.34. The smallest absolute Gasteiger partial charge is 0.252 e. The lowest BCUT2D eigenvalue weighted by molar-refractivity contribution is -0.0696. The zero-order chi connectivity index (χ0) is 17.2. The van der Waals surface area contributed by atoms with Gasteiger partial charge in [-0.15, -0.1) is 0 Å². The number of aromatic nitrogens is 1. The second-order valence-electron chi connectivity index (χ2n) is 7.28. The highest BCUT2D eigenvalue weighted by atomic mass is 16.5. The largest absolute Gasteiger partial charge is 0.379 e. The topological polar surface area (TPSA) is 52.5 Å². The second-order valence-corrected chi connectivity index (χ2v) is 7.28. The molecule has 1 amide bonds. The van der Waals surface area contributed by atoms with Gasteiger partial charge < -0.3 is 19.4 Å². The van der Waals surface area contributed by atoms with Gasteiger partial charge in [-0.1, -0.05) is 12.5 Å². The molecule has 2 heterocycles. The average Bonchev–Trinajstić information content (AvgIpc) is 2.96. The molecule has 1 aliphatic heterocycles. The molecule has 5 heteroatoms. The van der Waals surface area contributed by atoms with Gasteiger partial charge in [0.05, 0.1) is 18.8 Å². The molecule has 0 spiro atoms. The number of hydrogen-bond acceptors (Lipinski definition) is 3. The SMILES string of the molecule is Cn1ccc2c(C(=O)N[C@@H]3COCC[C@@H]3OCC3CCC3)cccc21. The number of benzene rings is 1. The number of nitrogens with one attached hydrogen (secondary N) is 1. The maximum absolute atomic E-state index is 12.9. The lowest BCUT2D eigenvalue weighted by atomic mass is 9.86. The zero-order valence-corrected chi connectivity index (χ0v) is 14.7. The van der Waals surface area contributed by atoms with E-state index in [-0.39, 0.29) is 18.1 Å². The molecule has 0 bridgehead atoms. The van der Waals surface area contributed by atoms with E-state index in [2.05, 4.69) is 5.32 Å². The molecule has 2 fully saturated rings. The van der Waals surface area contributed by atoms with Gasteiger partial charge >= 0.3 is 0 Å². The summed E-state index contributed by atoms with van der Waals surface area (Å²) < 4.78 is 13.7. The monoisotopic (exact) mass is 342 g/mol. The third-order valence-corrected chi connectivity index (χ3v) is 5.55. The summed E-state index contributed by atoms with van der Waals surface area (Å²) in [6.07, 6.45) is 6.74. The van der Waals surface area contributed by atoms with Crippen LogP contribution in [0.4, 0.5) is 0 Å². The Morgan fingerprint density at radius 3 is 3.00 bits per heavy atom. The van der Waals surface area contributed by atoms with E-state index in [9.17, 15) is 4.79 Å². The van der Waals surface area contributed by atoms with Gasteiger partial charge in [-0.25, -0.2) is 0 Å². The minimum Gasteiger partial charge on any atom is -0.379 e. The zero-order valence-electron chi connectivity index (χ0n) is 14.7. The van der Waals surface area contributed by atoms with Crippen LogP contribution in [0.5, 0.6) is 0 Å². The molecule has 1 saturated heterocycles. The maximum Gasteiger partial charge on any atom is 0.252 e. The Labute approximate surface area is 148 Å². The molecule has 1 aliphatic carbocycles. The van der Waals surface area contributed by atoms with Crippen molar-refractivity contribution in [2.75, 3.05) is 19.8 Å². The predicted octanol–water partition coefficient (Wildman–Crippen LogP) is 2.88. The van der Waals surface area contributed by atoms with Gasteiger partial charge in [-0.05, 0) is 43.4 Å². The number of fused-ring (bicyclic) bond motifs is 1. The number of carbonyl (C=O) groups is 1. The molecule has 25 heavy (non-hydrogen) atoms. The Hall–Kier alpha value is -1.85. The highest BCUT2D eigenvalue weighted by molar-refractivity contribution is 6.06. The van der Waals surface area contributed by atoms with Gasteiger partial charge in [-0.2, -0.15) is 0 Å². The van der Waals surface area contributed by atoms with E-state index in [0.29, 0.717) is 24.7 Å². The van der Waals surface area contributed by atoms with Crippen molar-refractivity contribution in [3.8, 4) is 0 Å². The molecule has 2 aromatic rings. The number of aryl methyl sites for hydroxylation is 1. The summed E-state index contributed by atoms with van der Waals surface area (Å²) in [5, 5.41) is 4.13. The van der Waals surface area contributed by atoms with E-state index in [1.165, 1.54) is 19.3 Å². The molecular weight excluding hydrogens is 316 g/mol. The van der Waals surface area contributed by atoms with Crippen LogP contribution in [0.15, 0.2) is 30.5 Å². The molecule has 4 rings (SSSR count). The van der Waals surface area contributed by atoms with Gasteiger partial charge in [0.15, 0.2) is 0 Å². The van der Waals surface area contributed by atoms with Gasteiger partial charge in [0.25, 0.3) is 5.91 Å². The molecular formula is C20H26N2O3. The van der Waals surface area contributed by atoms with Crippen molar-refractivity contribution in [3.05, 3.63) is 36.0 Å². The maximum atomic E-state index is 12.9. The number of rotatable bonds is 5. The Balaban J connectivity index is 1.45. The van der Waals surface area contributed by atoms with Crippen molar-refractivity contribution < 1.29 is 14.3 Å². The molecule has 2 aliphatic rings. The van der Waals surface area contributed by atoms with Crippen LogP contribution in [0.3, 0.4) is 0 Å². The van der Waals surface area contributed by atoms with Crippen molar-refractivity contribution >= 4 is 16.8 Å². The first kappa shape index (κ1) is 16.6. The number of nitrogens with zero attached hydrogens (tertiary/aromatic N) is 1. The van der Waals surface area contributed by atoms with Crippen molar-refractivity contribution in [2.45, 2.75) is 37.8 Å². The summed E-state index contributed by atoms with van der Waals surface area (Å²) >= 11 is 0. The standard InChI is InChI=1S/C20H26N2O3/c1-22-10-8-15-16(6-3-7-18(15)22)20(23)21-17-13-24-11-9-19(17)25-12-14-4-2-5-14/h3,6-8,10,14,17,19H,2,4-5,9,11-13H2,1H3,(H,21,23)/t17-,19+/m1/s1. The van der Waals surface area contributed by atoms with Crippen LogP contribution in [0.25, 0.3) is 10.9 Å². The first-order valence-electron chi connectivity index (χ1n) is 9.26. The quantitative estimate of drug-likeness (QED) is 0.909. The number of carbonyl (C=O) groups excluding carboxylic acids is 1. The van der Waals surface area contributed by atoms with E-state index in [0.717, 1.165) is 23.9 Å². The molecule has 134 valence electrons. The Bertz CT molecular complexity index is 750. The Morgan fingerprint density at radius 1 is 1.32 bits per heavy atom. The van der Waals surface area contributed by atoms with E-state index >= 15 is 0 Å². The fourth-order valence-electron chi connectivity index (χ4n) is 3.72. The van der Waals surface area contributed by atoms with Crippen LogP contribution in [0.1, 0.15) is 36.0 Å². The molecule has 1 saturated carbocycles. The summed E-state index contributed by atoms with van der Waals surface area (Å²) in [5.41, 5.74) is 1.77. The first-order valence-corrected chi connectivity index (χ1v) is 9.26. The molecule has 1 aromatic carbocycles. The van der Waals surface area contributed by atoms with Gasteiger partial charge in [0.1, 0.15) is 0 Å². The summed E-state index contributed by atoms with van der Waals surface area (Å²) in [5.74, 6) is 0.654. The molecule has 1 N–H and O–H groups in total. The third-order valence-electron chi connectivity index (χ3n) is 5.55. The number of ether oxygens (including phenoxy) is 2. The van der Waals surface area contributed by atoms with E-state index in [1.807, 2.05) is 42.1 Å². The first-order chi connectivity index (χ1) is 12.2. The summed E-state index contributed by atoms with van der Waals surface area (Å²) in [4.78, 5) is 12.9. The Kier molecular flexibility index (Phi) is 4.77. The van der Waals surface area contributed by atoms with Gasteiger partial charge in [0, 0.05) is 42.9 Å². The van der Waals surface area contributed by atoms with Crippen molar-refractivity contribution in [3.63, 3.8) is 0 Å². The van der Waals surface area contributed by atoms with Crippen molar-refractivity contribution in [1.82, 2.24) is 9.88 Å². The normalized spacial score (nSPS) is 24.2. The summed E-state index contributed by atoms with van der Waals surface area (Å²) in [6, 6.07) is 7.75. The van der Waals surface area contributed by atoms with Crippen LogP contribution in [-0.2, 0) is 16.5 Å². The van der Waals surface area contributed by atoms with E-state index < -0.39 is 0 Å². The van der Waals surface area contributed by atoms with Crippen molar-refractivity contribution in [2.24, 2.45) is 13.0 Å². The van der Waals surface area contributed by atoms with E-state index in [1.54, 1.807) is 0 Å². The van der Waals surface area contributed by atoms with Crippen LogP contribution < -0.4 is 5.32 Å². The van der Waals surface area contributed by atoms with Crippen LogP contribution in [0.2, 0.25) is 0 Å². The lowest BCUT2D eigenvalue weighted by Crippen LogP contribution is -2.51. The molecule has 0 radical (unpaired) electrons. The highest BCUT2D eigenvalue weighted by Gasteiger charge is 2.30. The minimum atomic E-state index is -0.0831. The van der Waals surface area contributed by atoms with Crippen LogP contribution >= 0.6 is 0 Å². The summed E-state index contributed by atoms with van der Waals surface area (Å²) in [7, 11) is 1.99. The third kappa shape index (κ3) is 3.44. The molecule has 0 unspecified atom stereocenters. The predicted molar refractivity (Wildman–Crippen MR) is 96.7 cm³/mol. The minimum absolute atomic E-state index is 0.0493. The number of hydrogen-bond donors (Lipinski definition) is 1.